The van der Waals surface area contributed by atoms with Gasteiger partial charge in [-0.15, -0.1) is 0 Å². The van der Waals surface area contributed by atoms with Gasteiger partial charge in [-0.25, -0.2) is 0 Å². The van der Waals surface area contributed by atoms with Crippen LogP contribution in [0.2, 0.25) is 0 Å². The molecule has 0 heterocycles. The van der Waals surface area contributed by atoms with Gasteiger partial charge in [-0.2, -0.15) is 0 Å². The molecule has 1 saturated carbocycles. The Bertz CT molecular complexity index is 562. The molecule has 3 N–H and O–H groups in total. The molecule has 0 saturated heterocycles. The molecule has 0 bridgehead atoms. The van der Waals surface area contributed by atoms with Crippen molar-refractivity contribution < 1.29 is 19.8 Å². The summed E-state index contributed by atoms with van der Waals surface area (Å²) in [6.07, 6.45) is 4.79. The average Bonchev–Trinajstić information content (AvgIpc) is 2.42. The molecule has 0 spiro atoms. The number of aromatic hydroxyl groups is 1. The quantitative estimate of drug-likeness (QED) is 0.727. The van der Waals surface area contributed by atoms with Crippen molar-refractivity contribution in [1.29, 1.82) is 0 Å². The second kappa shape index (κ2) is 6.81. The third kappa shape index (κ3) is 4.23. The lowest BCUT2D eigenvalue weighted by atomic mass is 9.69. The summed E-state index contributed by atoms with van der Waals surface area (Å²) in [4.78, 5) is 23.4. The van der Waals surface area contributed by atoms with Crippen LogP contribution in [0.5, 0.6) is 5.75 Å². The number of benzene rings is 1. The summed E-state index contributed by atoms with van der Waals surface area (Å²) in [7, 11) is 0. The fraction of sp³-hybridized carbons (Fsp3) is 0.529. The highest BCUT2D eigenvalue weighted by Gasteiger charge is 2.36. The number of rotatable bonds is 5. The molecule has 1 aromatic carbocycles. The molecule has 1 aliphatic carbocycles. The summed E-state index contributed by atoms with van der Waals surface area (Å²) >= 11 is 0. The van der Waals surface area contributed by atoms with Crippen molar-refractivity contribution in [3.05, 3.63) is 23.8 Å². The van der Waals surface area contributed by atoms with Gasteiger partial charge in [0.25, 0.3) is 0 Å². The largest absolute Gasteiger partial charge is 0.506 e. The first kappa shape index (κ1) is 16.3. The standard InChI is InChI=1S/C17H23NO4/c1-12-5-6-13(14(19)9-12)18-15(20)10-17(11-16(21)22)7-3-2-4-8-17/h5-6,9,19H,2-4,7-8,10-11H2,1H3,(H,18,20)(H,21,22). The molecule has 0 radical (unpaired) electrons. The molecule has 0 aromatic heterocycles. The van der Waals surface area contributed by atoms with Gasteiger partial charge in [0.2, 0.25) is 5.91 Å². The molecule has 120 valence electrons. The van der Waals surface area contributed by atoms with Gasteiger partial charge in [-0.3, -0.25) is 9.59 Å². The summed E-state index contributed by atoms with van der Waals surface area (Å²) in [5, 5.41) is 21.7. The van der Waals surface area contributed by atoms with Gasteiger partial charge in [-0.1, -0.05) is 25.3 Å². The average molecular weight is 305 g/mol. The molecule has 2 rings (SSSR count). The van der Waals surface area contributed by atoms with Gasteiger partial charge in [0, 0.05) is 6.42 Å². The van der Waals surface area contributed by atoms with Crippen LogP contribution >= 0.6 is 0 Å². The maximum atomic E-state index is 12.3. The number of aliphatic carboxylic acids is 1. The number of phenols is 1. The second-order valence-corrected chi connectivity index (χ2v) is 6.38. The first-order valence-electron chi connectivity index (χ1n) is 7.71. The van der Waals surface area contributed by atoms with E-state index in [0.717, 1.165) is 37.7 Å². The van der Waals surface area contributed by atoms with Crippen molar-refractivity contribution in [2.45, 2.75) is 51.9 Å². The Hall–Kier alpha value is -2.04. The van der Waals surface area contributed by atoms with E-state index in [2.05, 4.69) is 5.32 Å². The highest BCUT2D eigenvalue weighted by molar-refractivity contribution is 5.93. The third-order valence-electron chi connectivity index (χ3n) is 4.40. The van der Waals surface area contributed by atoms with E-state index in [-0.39, 0.29) is 24.5 Å². The number of carbonyl (C=O) groups is 2. The molecular formula is C17H23NO4. The van der Waals surface area contributed by atoms with Gasteiger partial charge in [-0.05, 0) is 42.9 Å². The number of aryl methyl sites for hydroxylation is 1. The lowest BCUT2D eigenvalue weighted by molar-refractivity contribution is -0.140. The number of carbonyl (C=O) groups excluding carboxylic acids is 1. The topological polar surface area (TPSA) is 86.6 Å². The third-order valence-corrected chi connectivity index (χ3v) is 4.40. The van der Waals surface area contributed by atoms with Gasteiger partial charge < -0.3 is 15.5 Å². The summed E-state index contributed by atoms with van der Waals surface area (Å²) in [5.74, 6) is -1.06. The van der Waals surface area contributed by atoms with Gasteiger partial charge >= 0.3 is 5.97 Å². The van der Waals surface area contributed by atoms with Crippen LogP contribution in [0.1, 0.15) is 50.5 Å². The van der Waals surface area contributed by atoms with Crippen LogP contribution in [0.4, 0.5) is 5.69 Å². The minimum Gasteiger partial charge on any atom is -0.506 e. The number of amides is 1. The van der Waals surface area contributed by atoms with Crippen LogP contribution in [0.3, 0.4) is 0 Å². The minimum atomic E-state index is -0.854. The molecular weight excluding hydrogens is 282 g/mol. The number of anilines is 1. The highest BCUT2D eigenvalue weighted by atomic mass is 16.4. The Balaban J connectivity index is 2.06. The SMILES string of the molecule is Cc1ccc(NC(=O)CC2(CC(=O)O)CCCCC2)c(O)c1. The number of hydrogen-bond acceptors (Lipinski definition) is 3. The van der Waals surface area contributed by atoms with E-state index in [1.54, 1.807) is 12.1 Å². The lowest BCUT2D eigenvalue weighted by Gasteiger charge is -2.35. The number of phenolic OH excluding ortho intramolecular Hbond substituents is 1. The normalized spacial score (nSPS) is 17.0. The maximum Gasteiger partial charge on any atom is 0.303 e. The smallest absolute Gasteiger partial charge is 0.303 e. The van der Waals surface area contributed by atoms with Crippen molar-refractivity contribution in [3.8, 4) is 5.75 Å². The number of nitrogens with one attached hydrogen (secondary N) is 1. The second-order valence-electron chi connectivity index (χ2n) is 6.38. The molecule has 22 heavy (non-hydrogen) atoms. The van der Waals surface area contributed by atoms with Crippen LogP contribution < -0.4 is 5.32 Å². The number of carboxylic acids is 1. The Morgan fingerprint density at radius 1 is 1.18 bits per heavy atom. The Morgan fingerprint density at radius 3 is 2.45 bits per heavy atom. The first-order valence-corrected chi connectivity index (χ1v) is 7.71. The van der Waals surface area contributed by atoms with Gasteiger partial charge in [0.05, 0.1) is 12.1 Å². The highest BCUT2D eigenvalue weighted by Crippen LogP contribution is 2.42. The van der Waals surface area contributed by atoms with E-state index in [1.807, 2.05) is 13.0 Å². The van der Waals surface area contributed by atoms with Crippen LogP contribution in [-0.4, -0.2) is 22.1 Å². The molecule has 1 fully saturated rings. The number of hydrogen-bond donors (Lipinski definition) is 3. The van der Waals surface area contributed by atoms with Gasteiger partial charge in [0.15, 0.2) is 0 Å². The van der Waals surface area contributed by atoms with E-state index in [0.29, 0.717) is 5.69 Å². The van der Waals surface area contributed by atoms with E-state index >= 15 is 0 Å². The van der Waals surface area contributed by atoms with Crippen LogP contribution in [0, 0.1) is 12.3 Å². The predicted octanol–water partition coefficient (Wildman–Crippen LogP) is 3.45. The zero-order valence-electron chi connectivity index (χ0n) is 12.9. The molecule has 5 nitrogen and oxygen atoms in total. The molecule has 0 aliphatic heterocycles. The Labute approximate surface area is 130 Å². The van der Waals surface area contributed by atoms with Crippen LogP contribution in [0.25, 0.3) is 0 Å². The summed E-state index contributed by atoms with van der Waals surface area (Å²) in [6, 6.07) is 5.06. The molecule has 0 atom stereocenters. The predicted molar refractivity (Wildman–Crippen MR) is 83.9 cm³/mol. The molecule has 1 aromatic rings. The van der Waals surface area contributed by atoms with E-state index < -0.39 is 11.4 Å². The molecule has 1 amide bonds. The molecule has 1 aliphatic rings. The summed E-state index contributed by atoms with van der Waals surface area (Å²) in [5.41, 5.74) is 0.830. The summed E-state index contributed by atoms with van der Waals surface area (Å²) in [6.45, 7) is 1.86. The van der Waals surface area contributed by atoms with Crippen molar-refractivity contribution in [2.75, 3.05) is 5.32 Å². The van der Waals surface area contributed by atoms with E-state index in [4.69, 9.17) is 5.11 Å². The van der Waals surface area contributed by atoms with Crippen molar-refractivity contribution >= 4 is 17.6 Å². The van der Waals surface area contributed by atoms with Crippen LogP contribution in [-0.2, 0) is 9.59 Å². The maximum absolute atomic E-state index is 12.3. The Morgan fingerprint density at radius 2 is 1.86 bits per heavy atom. The Kier molecular flexibility index (Phi) is 5.06. The van der Waals surface area contributed by atoms with Gasteiger partial charge in [0.1, 0.15) is 5.75 Å². The zero-order chi connectivity index (χ0) is 16.2. The fourth-order valence-corrected chi connectivity index (χ4v) is 3.32. The van der Waals surface area contributed by atoms with Crippen LogP contribution in [0.15, 0.2) is 18.2 Å². The zero-order valence-corrected chi connectivity index (χ0v) is 12.9. The monoisotopic (exact) mass is 305 g/mol. The van der Waals surface area contributed by atoms with E-state index in [9.17, 15) is 14.7 Å². The lowest BCUT2D eigenvalue weighted by Crippen LogP contribution is -2.32. The van der Waals surface area contributed by atoms with Crippen molar-refractivity contribution in [2.24, 2.45) is 5.41 Å². The first-order chi connectivity index (χ1) is 10.4. The molecule has 5 heteroatoms. The van der Waals surface area contributed by atoms with E-state index in [1.165, 1.54) is 0 Å². The molecule has 0 unspecified atom stereocenters. The minimum absolute atomic E-state index is 0.0281. The van der Waals surface area contributed by atoms with Crippen molar-refractivity contribution in [1.82, 2.24) is 0 Å². The summed E-state index contributed by atoms with van der Waals surface area (Å²) < 4.78 is 0. The fourth-order valence-electron chi connectivity index (χ4n) is 3.32. The van der Waals surface area contributed by atoms with Crippen molar-refractivity contribution in [3.63, 3.8) is 0 Å². The number of carboxylic acid groups (broad SMARTS) is 1.